The van der Waals surface area contributed by atoms with Gasteiger partial charge in [-0.15, -0.1) is 6.58 Å². The number of nitrogens with zero attached hydrogens (tertiary/aromatic N) is 2. The first-order valence-electron chi connectivity index (χ1n) is 6.74. The van der Waals surface area contributed by atoms with Crippen molar-refractivity contribution in [2.24, 2.45) is 0 Å². The fraction of sp³-hybridized carbons (Fsp3) is 0.375. The average molecular weight is 256 g/mol. The van der Waals surface area contributed by atoms with Crippen molar-refractivity contribution in [1.82, 2.24) is 9.97 Å². The minimum atomic E-state index is 0.726. The number of aromatic nitrogens is 2. The van der Waals surface area contributed by atoms with Crippen molar-refractivity contribution in [2.75, 3.05) is 7.11 Å². The Labute approximate surface area is 114 Å². The number of rotatable bonds is 7. The van der Waals surface area contributed by atoms with E-state index in [0.29, 0.717) is 0 Å². The van der Waals surface area contributed by atoms with Gasteiger partial charge in [0.25, 0.3) is 0 Å². The zero-order valence-corrected chi connectivity index (χ0v) is 11.4. The molecule has 0 aliphatic carbocycles. The summed E-state index contributed by atoms with van der Waals surface area (Å²) in [6, 6.07) is 5.94. The standard InChI is InChI=1S/C16H20N2O/c1-3-4-5-6-7-9-13-12-15-14(10-8-11-17-15)18-16(13)19-2/h3,8,10-12H,1,4-7,9H2,2H3. The van der Waals surface area contributed by atoms with E-state index in [1.807, 2.05) is 18.2 Å². The Morgan fingerprint density at radius 1 is 1.26 bits per heavy atom. The molecule has 0 spiro atoms. The van der Waals surface area contributed by atoms with Crippen LogP contribution in [0.3, 0.4) is 0 Å². The molecule has 2 heterocycles. The Morgan fingerprint density at radius 2 is 2.16 bits per heavy atom. The number of ether oxygens (including phenoxy) is 1. The summed E-state index contributed by atoms with van der Waals surface area (Å²) in [5.74, 6) is 0.726. The van der Waals surface area contributed by atoms with Crippen LogP contribution < -0.4 is 4.74 Å². The second kappa shape index (κ2) is 6.88. The molecule has 0 aliphatic rings. The summed E-state index contributed by atoms with van der Waals surface area (Å²) in [7, 11) is 1.67. The summed E-state index contributed by atoms with van der Waals surface area (Å²) < 4.78 is 5.38. The molecular weight excluding hydrogens is 236 g/mol. The predicted octanol–water partition coefficient (Wildman–Crippen LogP) is 3.93. The molecule has 0 bridgehead atoms. The smallest absolute Gasteiger partial charge is 0.216 e. The van der Waals surface area contributed by atoms with Crippen LogP contribution >= 0.6 is 0 Å². The average Bonchev–Trinajstić information content (AvgIpc) is 2.46. The maximum absolute atomic E-state index is 5.38. The van der Waals surface area contributed by atoms with E-state index in [1.54, 1.807) is 13.3 Å². The molecule has 0 N–H and O–H groups in total. The number of fused-ring (bicyclic) bond motifs is 1. The third-order valence-electron chi connectivity index (χ3n) is 3.17. The topological polar surface area (TPSA) is 35.0 Å². The van der Waals surface area contributed by atoms with Gasteiger partial charge in [-0.1, -0.05) is 12.5 Å². The molecule has 19 heavy (non-hydrogen) atoms. The SMILES string of the molecule is C=CCCCCCc1cc2ncccc2nc1OC. The molecule has 0 unspecified atom stereocenters. The molecule has 0 radical (unpaired) electrons. The highest BCUT2D eigenvalue weighted by Gasteiger charge is 2.07. The number of pyridine rings is 2. The zero-order valence-electron chi connectivity index (χ0n) is 11.4. The van der Waals surface area contributed by atoms with Gasteiger partial charge in [0.2, 0.25) is 5.88 Å². The van der Waals surface area contributed by atoms with E-state index in [-0.39, 0.29) is 0 Å². The van der Waals surface area contributed by atoms with Gasteiger partial charge in [0.15, 0.2) is 0 Å². The number of hydrogen-bond donors (Lipinski definition) is 0. The first-order chi connectivity index (χ1) is 9.35. The van der Waals surface area contributed by atoms with Crippen LogP contribution in [0.2, 0.25) is 0 Å². The fourth-order valence-corrected chi connectivity index (χ4v) is 2.16. The number of methoxy groups -OCH3 is 1. The molecule has 3 heteroatoms. The van der Waals surface area contributed by atoms with Crippen LogP contribution in [0.4, 0.5) is 0 Å². The van der Waals surface area contributed by atoms with E-state index in [0.717, 1.165) is 41.7 Å². The highest BCUT2D eigenvalue weighted by Crippen LogP contribution is 2.22. The molecule has 2 aromatic rings. The quantitative estimate of drug-likeness (QED) is 0.556. The molecule has 0 aliphatic heterocycles. The lowest BCUT2D eigenvalue weighted by molar-refractivity contribution is 0.393. The Bertz CT molecular complexity index is 551. The fourth-order valence-electron chi connectivity index (χ4n) is 2.16. The molecule has 0 fully saturated rings. The van der Waals surface area contributed by atoms with Gasteiger partial charge in [0.1, 0.15) is 0 Å². The van der Waals surface area contributed by atoms with E-state index < -0.39 is 0 Å². The van der Waals surface area contributed by atoms with Gasteiger partial charge in [-0.25, -0.2) is 4.98 Å². The summed E-state index contributed by atoms with van der Waals surface area (Å²) in [5, 5.41) is 0. The van der Waals surface area contributed by atoms with E-state index in [4.69, 9.17) is 4.74 Å². The Kier molecular flexibility index (Phi) is 4.90. The molecule has 0 amide bonds. The Hall–Kier alpha value is -1.90. The number of aryl methyl sites for hydroxylation is 1. The molecule has 0 saturated carbocycles. The predicted molar refractivity (Wildman–Crippen MR) is 78.5 cm³/mol. The number of allylic oxidation sites excluding steroid dienone is 1. The monoisotopic (exact) mass is 256 g/mol. The summed E-state index contributed by atoms with van der Waals surface area (Å²) >= 11 is 0. The Morgan fingerprint density at radius 3 is 2.95 bits per heavy atom. The lowest BCUT2D eigenvalue weighted by Gasteiger charge is -2.08. The van der Waals surface area contributed by atoms with E-state index in [2.05, 4.69) is 22.6 Å². The molecule has 3 nitrogen and oxygen atoms in total. The largest absolute Gasteiger partial charge is 0.481 e. The second-order valence-electron chi connectivity index (χ2n) is 4.59. The molecule has 2 aromatic heterocycles. The first kappa shape index (κ1) is 13.5. The minimum Gasteiger partial charge on any atom is -0.481 e. The molecule has 0 saturated heterocycles. The van der Waals surface area contributed by atoms with E-state index in [1.165, 1.54) is 12.8 Å². The molecule has 100 valence electrons. The normalized spacial score (nSPS) is 10.6. The van der Waals surface area contributed by atoms with Crippen molar-refractivity contribution in [2.45, 2.75) is 32.1 Å². The van der Waals surface area contributed by atoms with E-state index >= 15 is 0 Å². The van der Waals surface area contributed by atoms with Crippen LogP contribution in [0, 0.1) is 0 Å². The third kappa shape index (κ3) is 3.53. The molecule has 0 aromatic carbocycles. The molecular formula is C16H20N2O. The molecule has 2 rings (SSSR count). The minimum absolute atomic E-state index is 0.726. The van der Waals surface area contributed by atoms with Crippen LogP contribution in [-0.2, 0) is 6.42 Å². The van der Waals surface area contributed by atoms with Crippen LogP contribution in [0.25, 0.3) is 11.0 Å². The van der Waals surface area contributed by atoms with Crippen molar-refractivity contribution in [3.63, 3.8) is 0 Å². The van der Waals surface area contributed by atoms with Crippen molar-refractivity contribution >= 4 is 11.0 Å². The van der Waals surface area contributed by atoms with Gasteiger partial charge in [-0.05, 0) is 43.9 Å². The maximum Gasteiger partial charge on any atom is 0.216 e. The number of unbranched alkanes of at least 4 members (excludes halogenated alkanes) is 3. The van der Waals surface area contributed by atoms with Crippen LogP contribution in [0.1, 0.15) is 31.2 Å². The lowest BCUT2D eigenvalue weighted by Crippen LogP contribution is -1.97. The van der Waals surface area contributed by atoms with Crippen molar-refractivity contribution in [3.05, 3.63) is 42.6 Å². The van der Waals surface area contributed by atoms with Crippen molar-refractivity contribution < 1.29 is 4.74 Å². The van der Waals surface area contributed by atoms with Crippen LogP contribution in [0.15, 0.2) is 37.1 Å². The number of hydrogen-bond acceptors (Lipinski definition) is 3. The van der Waals surface area contributed by atoms with Gasteiger partial charge in [-0.3, -0.25) is 4.98 Å². The maximum atomic E-state index is 5.38. The Balaban J connectivity index is 2.09. The van der Waals surface area contributed by atoms with Gasteiger partial charge in [0.05, 0.1) is 18.1 Å². The van der Waals surface area contributed by atoms with Crippen molar-refractivity contribution in [1.29, 1.82) is 0 Å². The van der Waals surface area contributed by atoms with Crippen LogP contribution in [0.5, 0.6) is 5.88 Å². The van der Waals surface area contributed by atoms with E-state index in [9.17, 15) is 0 Å². The summed E-state index contributed by atoms with van der Waals surface area (Å²) in [6.07, 6.45) is 9.39. The van der Waals surface area contributed by atoms with Crippen molar-refractivity contribution in [3.8, 4) is 5.88 Å². The highest BCUT2D eigenvalue weighted by molar-refractivity contribution is 5.75. The first-order valence-corrected chi connectivity index (χ1v) is 6.74. The lowest BCUT2D eigenvalue weighted by atomic mass is 10.1. The van der Waals surface area contributed by atoms with Gasteiger partial charge in [0, 0.05) is 11.8 Å². The second-order valence-corrected chi connectivity index (χ2v) is 4.59. The van der Waals surface area contributed by atoms with Crippen LogP contribution in [-0.4, -0.2) is 17.1 Å². The summed E-state index contributed by atoms with van der Waals surface area (Å²) in [4.78, 5) is 8.85. The summed E-state index contributed by atoms with van der Waals surface area (Å²) in [5.41, 5.74) is 2.96. The molecule has 0 atom stereocenters. The highest BCUT2D eigenvalue weighted by atomic mass is 16.5. The third-order valence-corrected chi connectivity index (χ3v) is 3.17. The summed E-state index contributed by atoms with van der Waals surface area (Å²) in [6.45, 7) is 3.74. The zero-order chi connectivity index (χ0) is 13.5. The van der Waals surface area contributed by atoms with Gasteiger partial charge in [-0.2, -0.15) is 0 Å². The van der Waals surface area contributed by atoms with Gasteiger partial charge < -0.3 is 4.74 Å². The van der Waals surface area contributed by atoms with Gasteiger partial charge >= 0.3 is 0 Å².